The molecule has 0 aromatic carbocycles. The Morgan fingerprint density at radius 1 is 1.47 bits per heavy atom. The Morgan fingerprint density at radius 3 is 2.47 bits per heavy atom. The monoisotopic (exact) mass is 262 g/mol. The van der Waals surface area contributed by atoms with Crippen LogP contribution in [-0.4, -0.2) is 49.9 Å². The zero-order valence-electron chi connectivity index (χ0n) is 10.6. The van der Waals surface area contributed by atoms with Gasteiger partial charge in [-0.15, -0.1) is 0 Å². The maximum Gasteiger partial charge on any atom is 0.239 e. The number of rotatable bonds is 7. The highest BCUT2D eigenvalue weighted by Gasteiger charge is 2.34. The normalized spacial score (nSPS) is 17.8. The molecule has 1 aliphatic rings. The number of hydrogen-bond donors (Lipinski definition) is 1. The third-order valence-corrected chi connectivity index (χ3v) is 3.83. The zero-order chi connectivity index (χ0) is 13.1. The van der Waals surface area contributed by atoms with Gasteiger partial charge in [0.05, 0.1) is 11.8 Å². The van der Waals surface area contributed by atoms with Crippen molar-refractivity contribution >= 4 is 15.7 Å². The molecule has 0 radical (unpaired) electrons. The summed E-state index contributed by atoms with van der Waals surface area (Å²) < 4.78 is 22.0. The molecule has 0 heterocycles. The molecule has 0 aromatic heterocycles. The van der Waals surface area contributed by atoms with E-state index in [-0.39, 0.29) is 18.1 Å². The van der Waals surface area contributed by atoms with E-state index in [2.05, 4.69) is 0 Å². The molecule has 2 N–H and O–H groups in total. The van der Waals surface area contributed by atoms with E-state index in [0.717, 1.165) is 32.1 Å². The van der Waals surface area contributed by atoms with E-state index in [1.54, 1.807) is 0 Å². The minimum atomic E-state index is -3.05. The van der Waals surface area contributed by atoms with Gasteiger partial charge in [0.2, 0.25) is 5.91 Å². The highest BCUT2D eigenvalue weighted by Crippen LogP contribution is 2.27. The molecule has 17 heavy (non-hydrogen) atoms. The molecule has 1 aliphatic carbocycles. The molecule has 0 aromatic rings. The largest absolute Gasteiger partial charge is 0.338 e. The summed E-state index contributed by atoms with van der Waals surface area (Å²) >= 11 is 0. The molecule has 1 fully saturated rings. The van der Waals surface area contributed by atoms with Crippen LogP contribution in [0.15, 0.2) is 0 Å². The van der Waals surface area contributed by atoms with Crippen molar-refractivity contribution in [3.63, 3.8) is 0 Å². The number of carbonyl (C=O) groups excluding carboxylic acids is 1. The van der Waals surface area contributed by atoms with Crippen molar-refractivity contribution < 1.29 is 13.2 Å². The Balaban J connectivity index is 2.48. The molecule has 1 saturated carbocycles. The molecule has 0 aliphatic heterocycles. The first-order chi connectivity index (χ1) is 7.85. The lowest BCUT2D eigenvalue weighted by molar-refractivity contribution is -0.133. The summed E-state index contributed by atoms with van der Waals surface area (Å²) in [4.78, 5) is 13.9. The van der Waals surface area contributed by atoms with Gasteiger partial charge in [0, 0.05) is 18.8 Å². The molecule has 1 rings (SSSR count). The molecule has 0 bridgehead atoms. The fourth-order valence-corrected chi connectivity index (χ4v) is 2.46. The second-order valence-corrected chi connectivity index (χ2v) is 7.05. The van der Waals surface area contributed by atoms with Gasteiger partial charge in [0.15, 0.2) is 0 Å². The number of sulfone groups is 1. The fraction of sp³-hybridized carbons (Fsp3) is 0.909. The van der Waals surface area contributed by atoms with Gasteiger partial charge in [0.25, 0.3) is 0 Å². The van der Waals surface area contributed by atoms with Crippen LogP contribution in [0.2, 0.25) is 0 Å². The third kappa shape index (κ3) is 5.04. The topological polar surface area (TPSA) is 80.5 Å². The smallest absolute Gasteiger partial charge is 0.239 e. The average molecular weight is 262 g/mol. The van der Waals surface area contributed by atoms with Crippen molar-refractivity contribution in [2.24, 2.45) is 5.73 Å². The van der Waals surface area contributed by atoms with E-state index in [4.69, 9.17) is 5.73 Å². The van der Waals surface area contributed by atoms with E-state index in [9.17, 15) is 13.2 Å². The van der Waals surface area contributed by atoms with Gasteiger partial charge in [-0.1, -0.05) is 6.92 Å². The Labute approximate surface area is 103 Å². The summed E-state index contributed by atoms with van der Waals surface area (Å²) in [6.07, 6.45) is 4.37. The summed E-state index contributed by atoms with van der Waals surface area (Å²) in [5.41, 5.74) is 5.77. The van der Waals surface area contributed by atoms with E-state index in [0.29, 0.717) is 6.04 Å². The molecule has 0 spiro atoms. The Morgan fingerprint density at radius 2 is 2.06 bits per heavy atom. The summed E-state index contributed by atoms with van der Waals surface area (Å²) in [7, 11) is -3.05. The fourth-order valence-electron chi connectivity index (χ4n) is 1.78. The second-order valence-electron chi connectivity index (χ2n) is 4.79. The van der Waals surface area contributed by atoms with Gasteiger partial charge < -0.3 is 10.6 Å². The van der Waals surface area contributed by atoms with Crippen molar-refractivity contribution in [1.82, 2.24) is 4.90 Å². The standard InChI is InChI=1S/C11H22N2O3S/c1-3-7-13(9-4-5-9)11(14)10(12)6-8-17(2,15)16/h9-10H,3-8,12H2,1-2H3. The summed E-state index contributed by atoms with van der Waals surface area (Å²) in [5.74, 6) is -0.122. The Bertz CT molecular complexity index is 363. The first-order valence-electron chi connectivity index (χ1n) is 6.09. The van der Waals surface area contributed by atoms with Gasteiger partial charge >= 0.3 is 0 Å². The van der Waals surface area contributed by atoms with Crippen molar-refractivity contribution in [3.8, 4) is 0 Å². The van der Waals surface area contributed by atoms with Gasteiger partial charge in [-0.3, -0.25) is 4.79 Å². The predicted molar refractivity (Wildman–Crippen MR) is 67.3 cm³/mol. The molecular weight excluding hydrogens is 240 g/mol. The number of carbonyl (C=O) groups is 1. The van der Waals surface area contributed by atoms with Crippen molar-refractivity contribution in [2.75, 3.05) is 18.6 Å². The molecule has 0 saturated heterocycles. The molecule has 1 atom stereocenters. The van der Waals surface area contributed by atoms with Crippen LogP contribution in [0.4, 0.5) is 0 Å². The summed E-state index contributed by atoms with van der Waals surface area (Å²) in [6.45, 7) is 2.74. The molecule has 1 unspecified atom stereocenters. The molecule has 100 valence electrons. The average Bonchev–Trinajstić information content (AvgIpc) is 3.04. The lowest BCUT2D eigenvalue weighted by Gasteiger charge is -2.25. The lowest BCUT2D eigenvalue weighted by atomic mass is 10.2. The van der Waals surface area contributed by atoms with E-state index in [1.165, 1.54) is 0 Å². The van der Waals surface area contributed by atoms with E-state index < -0.39 is 15.9 Å². The Hall–Kier alpha value is -0.620. The molecule has 6 heteroatoms. The highest BCUT2D eigenvalue weighted by molar-refractivity contribution is 7.90. The number of hydrogen-bond acceptors (Lipinski definition) is 4. The quantitative estimate of drug-likeness (QED) is 0.708. The van der Waals surface area contributed by atoms with Crippen LogP contribution in [0.1, 0.15) is 32.6 Å². The first kappa shape index (κ1) is 14.4. The van der Waals surface area contributed by atoms with Crippen LogP contribution in [0.25, 0.3) is 0 Å². The minimum absolute atomic E-state index is 0.0233. The molecule has 5 nitrogen and oxygen atoms in total. The van der Waals surface area contributed by atoms with E-state index in [1.807, 2.05) is 11.8 Å². The number of amides is 1. The van der Waals surface area contributed by atoms with Gasteiger partial charge in [-0.25, -0.2) is 8.42 Å². The van der Waals surface area contributed by atoms with Crippen LogP contribution < -0.4 is 5.73 Å². The van der Waals surface area contributed by atoms with Crippen molar-refractivity contribution in [3.05, 3.63) is 0 Å². The molecule has 1 amide bonds. The van der Waals surface area contributed by atoms with Gasteiger partial charge in [-0.05, 0) is 25.7 Å². The highest BCUT2D eigenvalue weighted by atomic mass is 32.2. The predicted octanol–water partition coefficient (Wildman–Crippen LogP) is 0.149. The number of nitrogens with two attached hydrogens (primary N) is 1. The van der Waals surface area contributed by atoms with Gasteiger partial charge in [0.1, 0.15) is 9.84 Å². The van der Waals surface area contributed by atoms with Crippen LogP contribution in [0, 0.1) is 0 Å². The molecular formula is C11H22N2O3S. The van der Waals surface area contributed by atoms with Gasteiger partial charge in [-0.2, -0.15) is 0 Å². The maximum absolute atomic E-state index is 12.0. The van der Waals surface area contributed by atoms with Crippen LogP contribution >= 0.6 is 0 Å². The Kier molecular flexibility index (Phi) is 4.94. The first-order valence-corrected chi connectivity index (χ1v) is 8.15. The SMILES string of the molecule is CCCN(C(=O)C(N)CCS(C)(=O)=O)C1CC1. The zero-order valence-corrected chi connectivity index (χ0v) is 11.4. The van der Waals surface area contributed by atoms with Crippen LogP contribution in [-0.2, 0) is 14.6 Å². The van der Waals surface area contributed by atoms with Crippen molar-refractivity contribution in [2.45, 2.75) is 44.7 Å². The van der Waals surface area contributed by atoms with Crippen LogP contribution in [0.3, 0.4) is 0 Å². The van der Waals surface area contributed by atoms with Crippen LogP contribution in [0.5, 0.6) is 0 Å². The van der Waals surface area contributed by atoms with E-state index >= 15 is 0 Å². The lowest BCUT2D eigenvalue weighted by Crippen LogP contribution is -2.45. The third-order valence-electron chi connectivity index (χ3n) is 2.85. The number of nitrogens with zero attached hydrogens (tertiary/aromatic N) is 1. The van der Waals surface area contributed by atoms with Crippen molar-refractivity contribution in [1.29, 1.82) is 0 Å². The summed E-state index contributed by atoms with van der Waals surface area (Å²) in [6, 6.07) is -0.344. The maximum atomic E-state index is 12.0. The second kappa shape index (κ2) is 5.82. The summed E-state index contributed by atoms with van der Waals surface area (Å²) in [5, 5.41) is 0. The minimum Gasteiger partial charge on any atom is -0.338 e.